The van der Waals surface area contributed by atoms with Crippen molar-refractivity contribution < 1.29 is 9.53 Å². The molecule has 0 aliphatic rings. The van der Waals surface area contributed by atoms with Crippen molar-refractivity contribution in [2.75, 3.05) is 30.4 Å². The van der Waals surface area contributed by atoms with Crippen molar-refractivity contribution in [3.8, 4) is 5.75 Å². The van der Waals surface area contributed by atoms with E-state index in [0.29, 0.717) is 6.61 Å². The van der Waals surface area contributed by atoms with Crippen molar-refractivity contribution in [3.05, 3.63) is 47.5 Å². The van der Waals surface area contributed by atoms with Crippen LogP contribution in [0.15, 0.2) is 36.4 Å². The Kier molecular flexibility index (Phi) is 5.42. The van der Waals surface area contributed by atoms with Crippen LogP contribution in [0.2, 0.25) is 0 Å². The summed E-state index contributed by atoms with van der Waals surface area (Å²) in [4.78, 5) is 18.9. The van der Waals surface area contributed by atoms with Crippen LogP contribution >= 0.6 is 11.3 Å². The van der Waals surface area contributed by atoms with Crippen molar-refractivity contribution in [3.63, 3.8) is 0 Å². The molecule has 136 valence electrons. The zero-order valence-electron chi connectivity index (χ0n) is 15.5. The third-order valence-electron chi connectivity index (χ3n) is 4.09. The number of aromatic nitrogens is 1. The van der Waals surface area contributed by atoms with E-state index in [0.717, 1.165) is 27.6 Å². The summed E-state index contributed by atoms with van der Waals surface area (Å²) in [5.74, 6) is 0.715. The van der Waals surface area contributed by atoms with Gasteiger partial charge in [0, 0.05) is 12.7 Å². The second kappa shape index (κ2) is 7.74. The molecule has 1 aromatic heterocycles. The average molecular weight is 369 g/mol. The molecule has 1 amide bonds. The third-order valence-corrected chi connectivity index (χ3v) is 5.39. The van der Waals surface area contributed by atoms with E-state index < -0.39 is 0 Å². The van der Waals surface area contributed by atoms with Crippen LogP contribution in [0.1, 0.15) is 18.1 Å². The van der Waals surface area contributed by atoms with Gasteiger partial charge in [-0.3, -0.25) is 4.79 Å². The van der Waals surface area contributed by atoms with E-state index in [9.17, 15) is 4.79 Å². The molecule has 1 heterocycles. The largest absolute Gasteiger partial charge is 0.494 e. The highest BCUT2D eigenvalue weighted by Crippen LogP contribution is 2.32. The van der Waals surface area contributed by atoms with Gasteiger partial charge in [-0.2, -0.15) is 0 Å². The van der Waals surface area contributed by atoms with Crippen molar-refractivity contribution in [2.45, 2.75) is 20.8 Å². The lowest BCUT2D eigenvalue weighted by Gasteiger charge is -2.15. The van der Waals surface area contributed by atoms with Crippen LogP contribution in [0.4, 0.5) is 10.8 Å². The van der Waals surface area contributed by atoms with Gasteiger partial charge in [0.25, 0.3) is 0 Å². The van der Waals surface area contributed by atoms with Crippen LogP contribution in [0, 0.1) is 13.8 Å². The zero-order valence-corrected chi connectivity index (χ0v) is 16.3. The molecule has 0 bridgehead atoms. The Morgan fingerprint density at radius 1 is 1.15 bits per heavy atom. The minimum atomic E-state index is -0.0793. The Labute approximate surface area is 157 Å². The number of hydrogen-bond donors (Lipinski definition) is 1. The second-order valence-electron chi connectivity index (χ2n) is 6.24. The Bertz CT molecular complexity index is 880. The van der Waals surface area contributed by atoms with Crippen molar-refractivity contribution >= 4 is 38.3 Å². The van der Waals surface area contributed by atoms with Gasteiger partial charge in [0.2, 0.25) is 5.91 Å². The first-order chi connectivity index (χ1) is 12.5. The molecule has 6 heteroatoms. The lowest BCUT2D eigenvalue weighted by Crippen LogP contribution is -2.29. The molecule has 0 atom stereocenters. The van der Waals surface area contributed by atoms with E-state index in [4.69, 9.17) is 9.72 Å². The summed E-state index contributed by atoms with van der Waals surface area (Å²) < 4.78 is 6.59. The number of rotatable bonds is 6. The Morgan fingerprint density at radius 3 is 2.50 bits per heavy atom. The summed E-state index contributed by atoms with van der Waals surface area (Å²) in [5, 5.41) is 3.76. The number of anilines is 2. The fourth-order valence-corrected chi connectivity index (χ4v) is 3.77. The van der Waals surface area contributed by atoms with Gasteiger partial charge in [-0.1, -0.05) is 23.5 Å². The lowest BCUT2D eigenvalue weighted by atomic mass is 10.1. The quantitative estimate of drug-likeness (QED) is 0.700. The van der Waals surface area contributed by atoms with Gasteiger partial charge >= 0.3 is 0 Å². The predicted octanol–water partition coefficient (Wildman–Crippen LogP) is 4.39. The Morgan fingerprint density at radius 2 is 1.85 bits per heavy atom. The number of hydrogen-bond acceptors (Lipinski definition) is 5. The zero-order chi connectivity index (χ0) is 18.7. The van der Waals surface area contributed by atoms with E-state index in [2.05, 4.69) is 31.3 Å². The Balaban J connectivity index is 1.67. The van der Waals surface area contributed by atoms with Gasteiger partial charge in [0.05, 0.1) is 23.4 Å². The maximum atomic E-state index is 12.3. The normalized spacial score (nSPS) is 10.8. The number of carbonyl (C=O) groups is 1. The monoisotopic (exact) mass is 369 g/mol. The van der Waals surface area contributed by atoms with Gasteiger partial charge in [-0.25, -0.2) is 4.98 Å². The first kappa shape index (κ1) is 18.2. The SMILES string of the molecule is CCOc1ccc(NC(=O)CN(C)c2nc3c(C)ccc(C)c3s2)cc1. The molecule has 2 aromatic carbocycles. The molecule has 3 aromatic rings. The van der Waals surface area contributed by atoms with Gasteiger partial charge in [0.1, 0.15) is 5.75 Å². The molecule has 3 rings (SSSR count). The minimum Gasteiger partial charge on any atom is -0.494 e. The topological polar surface area (TPSA) is 54.5 Å². The molecule has 1 N–H and O–H groups in total. The number of likely N-dealkylation sites (N-methyl/N-ethyl adjacent to an activating group) is 1. The summed E-state index contributed by atoms with van der Waals surface area (Å²) in [7, 11) is 1.89. The highest BCUT2D eigenvalue weighted by molar-refractivity contribution is 7.22. The number of amides is 1. The number of nitrogens with one attached hydrogen (secondary N) is 1. The maximum absolute atomic E-state index is 12.3. The molecule has 0 radical (unpaired) electrons. The molecule has 0 aliphatic heterocycles. The second-order valence-corrected chi connectivity index (χ2v) is 7.21. The first-order valence-electron chi connectivity index (χ1n) is 8.58. The summed E-state index contributed by atoms with van der Waals surface area (Å²) in [6.07, 6.45) is 0. The molecule has 26 heavy (non-hydrogen) atoms. The molecule has 0 saturated heterocycles. The van der Waals surface area contributed by atoms with Gasteiger partial charge in [-0.15, -0.1) is 0 Å². The molecule has 0 saturated carbocycles. The van der Waals surface area contributed by atoms with Crippen LogP contribution in [-0.4, -0.2) is 31.1 Å². The van der Waals surface area contributed by atoms with Crippen LogP contribution in [0.5, 0.6) is 5.75 Å². The lowest BCUT2D eigenvalue weighted by molar-refractivity contribution is -0.114. The van der Waals surface area contributed by atoms with E-state index in [-0.39, 0.29) is 12.5 Å². The van der Waals surface area contributed by atoms with Crippen molar-refractivity contribution in [1.29, 1.82) is 0 Å². The summed E-state index contributed by atoms with van der Waals surface area (Å²) >= 11 is 1.62. The summed E-state index contributed by atoms with van der Waals surface area (Å²) in [5.41, 5.74) is 4.13. The van der Waals surface area contributed by atoms with E-state index in [1.807, 2.05) is 43.1 Å². The number of benzene rings is 2. The van der Waals surface area contributed by atoms with Crippen molar-refractivity contribution in [1.82, 2.24) is 4.98 Å². The number of fused-ring (bicyclic) bond motifs is 1. The summed E-state index contributed by atoms with van der Waals surface area (Å²) in [6.45, 7) is 6.95. The molecule has 0 fully saturated rings. The van der Waals surface area contributed by atoms with Gasteiger partial charge in [-0.05, 0) is 56.2 Å². The predicted molar refractivity (Wildman–Crippen MR) is 109 cm³/mol. The number of aryl methyl sites for hydroxylation is 2. The smallest absolute Gasteiger partial charge is 0.243 e. The highest BCUT2D eigenvalue weighted by atomic mass is 32.1. The number of nitrogens with zero attached hydrogens (tertiary/aromatic N) is 2. The van der Waals surface area contributed by atoms with Crippen LogP contribution in [-0.2, 0) is 4.79 Å². The first-order valence-corrected chi connectivity index (χ1v) is 9.40. The maximum Gasteiger partial charge on any atom is 0.243 e. The van der Waals surface area contributed by atoms with Crippen LogP contribution in [0.25, 0.3) is 10.2 Å². The van der Waals surface area contributed by atoms with Crippen LogP contribution < -0.4 is 15.0 Å². The number of thiazole rings is 1. The van der Waals surface area contributed by atoms with Crippen molar-refractivity contribution in [2.24, 2.45) is 0 Å². The fraction of sp³-hybridized carbons (Fsp3) is 0.300. The van der Waals surface area contributed by atoms with E-state index in [1.165, 1.54) is 10.3 Å². The molecule has 0 aliphatic carbocycles. The molecular weight excluding hydrogens is 346 g/mol. The van der Waals surface area contributed by atoms with E-state index >= 15 is 0 Å². The fourth-order valence-electron chi connectivity index (χ4n) is 2.70. The summed E-state index contributed by atoms with van der Waals surface area (Å²) in [6, 6.07) is 11.6. The van der Waals surface area contributed by atoms with Gasteiger partial charge < -0.3 is 15.0 Å². The molecule has 5 nitrogen and oxygen atoms in total. The van der Waals surface area contributed by atoms with Gasteiger partial charge in [0.15, 0.2) is 5.13 Å². The van der Waals surface area contributed by atoms with Crippen LogP contribution in [0.3, 0.4) is 0 Å². The standard InChI is InChI=1S/C20H23N3O2S/c1-5-25-16-10-8-15(9-11-16)21-17(24)12-23(4)20-22-18-13(2)6-7-14(3)19(18)26-20/h6-11H,5,12H2,1-4H3,(H,21,24). The molecule has 0 unspecified atom stereocenters. The number of carbonyl (C=O) groups excluding carboxylic acids is 1. The molecular formula is C20H23N3O2S. The molecule has 0 spiro atoms. The number of ether oxygens (including phenoxy) is 1. The highest BCUT2D eigenvalue weighted by Gasteiger charge is 2.14. The van der Waals surface area contributed by atoms with E-state index in [1.54, 1.807) is 11.3 Å². The average Bonchev–Trinajstić information content (AvgIpc) is 3.07. The minimum absolute atomic E-state index is 0.0793. The third kappa shape index (κ3) is 3.96. The Hall–Kier alpha value is -2.60.